The van der Waals surface area contributed by atoms with Gasteiger partial charge in [0.1, 0.15) is 5.57 Å². The lowest BCUT2D eigenvalue weighted by atomic mass is 10.1. The summed E-state index contributed by atoms with van der Waals surface area (Å²) >= 11 is 0. The molecule has 1 heterocycles. The summed E-state index contributed by atoms with van der Waals surface area (Å²) < 4.78 is 0. The molecule has 0 spiro atoms. The Morgan fingerprint density at radius 2 is 1.77 bits per heavy atom. The number of nitrogens with zero attached hydrogens (tertiary/aromatic N) is 2. The van der Waals surface area contributed by atoms with Crippen molar-refractivity contribution in [3.05, 3.63) is 47.6 Å². The lowest BCUT2D eigenvalue weighted by Gasteiger charge is -2.21. The molecule has 0 atom stereocenters. The van der Waals surface area contributed by atoms with Gasteiger partial charge in [-0.3, -0.25) is 14.9 Å². The minimum absolute atomic E-state index is 0.191. The van der Waals surface area contributed by atoms with Crippen molar-refractivity contribution in [1.82, 2.24) is 10.3 Å². The van der Waals surface area contributed by atoms with E-state index in [-0.39, 0.29) is 5.57 Å². The van der Waals surface area contributed by atoms with E-state index in [1.165, 1.54) is 6.08 Å². The van der Waals surface area contributed by atoms with Gasteiger partial charge in [-0.2, -0.15) is 5.01 Å². The quantitative estimate of drug-likeness (QED) is 0.370. The molecular formula is C15H16N4O3. The van der Waals surface area contributed by atoms with Gasteiger partial charge in [-0.1, -0.05) is 24.3 Å². The number of nitrogens with one attached hydrogen (secondary N) is 1. The number of amides is 4. The van der Waals surface area contributed by atoms with Gasteiger partial charge in [0.05, 0.1) is 0 Å². The third kappa shape index (κ3) is 3.21. The van der Waals surface area contributed by atoms with Crippen molar-refractivity contribution in [3.63, 3.8) is 0 Å². The first-order valence-corrected chi connectivity index (χ1v) is 6.50. The van der Waals surface area contributed by atoms with Crippen LogP contribution in [-0.4, -0.2) is 36.9 Å². The van der Waals surface area contributed by atoms with Crippen LogP contribution in [0.25, 0.3) is 6.08 Å². The zero-order valence-corrected chi connectivity index (χ0v) is 12.2. The van der Waals surface area contributed by atoms with E-state index >= 15 is 0 Å². The highest BCUT2D eigenvalue weighted by molar-refractivity contribution is 6.28. The molecule has 0 aromatic heterocycles. The highest BCUT2D eigenvalue weighted by Gasteiger charge is 2.33. The number of carbonyl (C=O) groups is 3. The number of hydrogen-bond acceptors (Lipinski definition) is 5. The zero-order chi connectivity index (χ0) is 16.3. The number of imide groups is 2. The molecule has 3 N–H and O–H groups in total. The van der Waals surface area contributed by atoms with Gasteiger partial charge in [-0.05, 0) is 23.8 Å². The standard InChI is InChI=1S/C15H16N4O3/c1-18(2)11-8-6-10(7-9-11)4-3-5-12-13(20)17-15(22)19(16)14(12)21/h3-9H,16H2,1-2H3,(H,17,20,22)/b4-3+,12-5-. The molecule has 1 aromatic carbocycles. The second kappa shape index (κ2) is 6.23. The number of anilines is 1. The van der Waals surface area contributed by atoms with E-state index in [0.717, 1.165) is 11.3 Å². The third-order valence-corrected chi connectivity index (χ3v) is 3.09. The molecule has 22 heavy (non-hydrogen) atoms. The molecular weight excluding hydrogens is 284 g/mol. The van der Waals surface area contributed by atoms with Crippen molar-refractivity contribution in [1.29, 1.82) is 0 Å². The molecule has 0 radical (unpaired) electrons. The molecule has 4 amide bonds. The number of urea groups is 1. The SMILES string of the molecule is CN(C)c1ccc(/C=C/C=C2/C(=O)NC(=O)N(N)C2=O)cc1. The van der Waals surface area contributed by atoms with E-state index in [0.29, 0.717) is 5.01 Å². The summed E-state index contributed by atoms with van der Waals surface area (Å²) in [5.74, 6) is 3.66. The van der Waals surface area contributed by atoms with Gasteiger partial charge >= 0.3 is 6.03 Å². The van der Waals surface area contributed by atoms with Crippen LogP contribution >= 0.6 is 0 Å². The van der Waals surface area contributed by atoms with Gasteiger partial charge < -0.3 is 4.90 Å². The van der Waals surface area contributed by atoms with Crippen LogP contribution in [0.3, 0.4) is 0 Å². The Bertz CT molecular complexity index is 675. The molecule has 1 saturated heterocycles. The van der Waals surface area contributed by atoms with Crippen molar-refractivity contribution in [2.24, 2.45) is 5.84 Å². The van der Waals surface area contributed by atoms with E-state index in [1.807, 2.05) is 48.6 Å². The van der Waals surface area contributed by atoms with Crippen molar-refractivity contribution in [3.8, 4) is 0 Å². The predicted molar refractivity (Wildman–Crippen MR) is 82.5 cm³/mol. The normalized spacial score (nSPS) is 17.3. The smallest absolute Gasteiger partial charge is 0.345 e. The van der Waals surface area contributed by atoms with E-state index in [9.17, 15) is 14.4 Å². The molecule has 1 aromatic rings. The maximum absolute atomic E-state index is 11.7. The molecule has 1 aliphatic heterocycles. The highest BCUT2D eigenvalue weighted by Crippen LogP contribution is 2.13. The molecule has 0 saturated carbocycles. The van der Waals surface area contributed by atoms with Crippen molar-refractivity contribution >= 4 is 29.6 Å². The van der Waals surface area contributed by atoms with Gasteiger partial charge in [-0.25, -0.2) is 10.6 Å². The predicted octanol–water partition coefficient (Wildman–Crippen LogP) is 0.644. The van der Waals surface area contributed by atoms with Gasteiger partial charge in [0.15, 0.2) is 0 Å². The van der Waals surface area contributed by atoms with E-state index in [2.05, 4.69) is 0 Å². The molecule has 2 rings (SSSR count). The maximum Gasteiger partial charge on any atom is 0.345 e. The average molecular weight is 300 g/mol. The van der Waals surface area contributed by atoms with Crippen LogP contribution in [0.4, 0.5) is 10.5 Å². The Kier molecular flexibility index (Phi) is 4.38. The number of hydrazine groups is 1. The Morgan fingerprint density at radius 3 is 2.36 bits per heavy atom. The number of rotatable bonds is 3. The molecule has 0 unspecified atom stereocenters. The van der Waals surface area contributed by atoms with Crippen LogP contribution in [0.2, 0.25) is 0 Å². The topological polar surface area (TPSA) is 95.7 Å². The lowest BCUT2D eigenvalue weighted by molar-refractivity contribution is -0.130. The Hall–Kier alpha value is -2.93. The summed E-state index contributed by atoms with van der Waals surface area (Å²) in [4.78, 5) is 36.4. The Morgan fingerprint density at radius 1 is 1.14 bits per heavy atom. The first kappa shape index (κ1) is 15.5. The monoisotopic (exact) mass is 300 g/mol. The number of hydrogen-bond donors (Lipinski definition) is 2. The Labute approximate surface area is 127 Å². The first-order valence-electron chi connectivity index (χ1n) is 6.50. The van der Waals surface area contributed by atoms with Gasteiger partial charge in [-0.15, -0.1) is 0 Å². The number of allylic oxidation sites excluding steroid dienone is 2. The third-order valence-electron chi connectivity index (χ3n) is 3.09. The lowest BCUT2D eigenvalue weighted by Crippen LogP contribution is -2.57. The molecule has 1 aliphatic rings. The second-order valence-corrected chi connectivity index (χ2v) is 4.86. The summed E-state index contributed by atoms with van der Waals surface area (Å²) in [6.07, 6.45) is 4.62. The fourth-order valence-electron chi connectivity index (χ4n) is 1.83. The van der Waals surface area contributed by atoms with Crippen LogP contribution < -0.4 is 16.1 Å². The van der Waals surface area contributed by atoms with Gasteiger partial charge in [0.25, 0.3) is 11.8 Å². The van der Waals surface area contributed by atoms with Crippen molar-refractivity contribution < 1.29 is 14.4 Å². The highest BCUT2D eigenvalue weighted by atomic mass is 16.2. The second-order valence-electron chi connectivity index (χ2n) is 4.86. The van der Waals surface area contributed by atoms with Crippen LogP contribution in [0, 0.1) is 0 Å². The summed E-state index contributed by atoms with van der Waals surface area (Å²) in [6, 6.07) is 6.78. The number of barbiturate groups is 1. The summed E-state index contributed by atoms with van der Waals surface area (Å²) in [7, 11) is 3.89. The van der Waals surface area contributed by atoms with Gasteiger partial charge in [0, 0.05) is 19.8 Å². The first-order chi connectivity index (χ1) is 10.4. The average Bonchev–Trinajstić information content (AvgIpc) is 2.49. The molecule has 0 bridgehead atoms. The van der Waals surface area contributed by atoms with Crippen molar-refractivity contribution in [2.75, 3.05) is 19.0 Å². The number of nitrogens with two attached hydrogens (primary N) is 1. The fraction of sp³-hybridized carbons (Fsp3) is 0.133. The van der Waals surface area contributed by atoms with Crippen LogP contribution in [-0.2, 0) is 9.59 Å². The minimum Gasteiger partial charge on any atom is -0.378 e. The van der Waals surface area contributed by atoms with E-state index in [4.69, 9.17) is 5.84 Å². The molecule has 1 fully saturated rings. The molecule has 114 valence electrons. The summed E-state index contributed by atoms with van der Waals surface area (Å²) in [6.45, 7) is 0. The van der Waals surface area contributed by atoms with Crippen molar-refractivity contribution in [2.45, 2.75) is 0 Å². The molecule has 0 aliphatic carbocycles. The van der Waals surface area contributed by atoms with Crippen LogP contribution in [0.15, 0.2) is 42.0 Å². The number of benzene rings is 1. The van der Waals surface area contributed by atoms with Crippen LogP contribution in [0.5, 0.6) is 0 Å². The fourth-order valence-corrected chi connectivity index (χ4v) is 1.83. The van der Waals surface area contributed by atoms with E-state index < -0.39 is 17.8 Å². The zero-order valence-electron chi connectivity index (χ0n) is 12.2. The Balaban J connectivity index is 2.14. The molecule has 7 nitrogen and oxygen atoms in total. The summed E-state index contributed by atoms with van der Waals surface area (Å²) in [5.41, 5.74) is 1.78. The van der Waals surface area contributed by atoms with E-state index in [1.54, 1.807) is 12.2 Å². The summed E-state index contributed by atoms with van der Waals surface area (Å²) in [5, 5.41) is 2.34. The number of carbonyl (C=O) groups excluding carboxylic acids is 3. The maximum atomic E-state index is 11.7. The minimum atomic E-state index is -0.935. The van der Waals surface area contributed by atoms with Gasteiger partial charge in [0.2, 0.25) is 0 Å². The largest absolute Gasteiger partial charge is 0.378 e. The molecule has 7 heteroatoms. The van der Waals surface area contributed by atoms with Crippen LogP contribution in [0.1, 0.15) is 5.56 Å².